The van der Waals surface area contributed by atoms with Gasteiger partial charge in [0.05, 0.1) is 17.8 Å². The molecule has 124 valence electrons. The fourth-order valence-electron chi connectivity index (χ4n) is 2.36. The first-order chi connectivity index (χ1) is 11.6. The summed E-state index contributed by atoms with van der Waals surface area (Å²) in [6.07, 6.45) is 4.17. The highest BCUT2D eigenvalue weighted by molar-refractivity contribution is 6.30. The summed E-state index contributed by atoms with van der Waals surface area (Å²) in [7, 11) is 0. The maximum Gasteiger partial charge on any atom is 0.278 e. The molecule has 2 aromatic heterocycles. The van der Waals surface area contributed by atoms with Gasteiger partial charge >= 0.3 is 0 Å². The second kappa shape index (κ2) is 6.88. The van der Waals surface area contributed by atoms with Gasteiger partial charge in [0.15, 0.2) is 5.69 Å². The van der Waals surface area contributed by atoms with E-state index in [4.69, 9.17) is 16.1 Å². The number of hydrogen-bond donors (Lipinski definition) is 1. The predicted molar refractivity (Wildman–Crippen MR) is 91.4 cm³/mol. The fraction of sp³-hybridized carbons (Fsp3) is 0.235. The van der Waals surface area contributed by atoms with Crippen LogP contribution in [-0.2, 0) is 13.0 Å². The number of amides is 1. The summed E-state index contributed by atoms with van der Waals surface area (Å²) < 4.78 is 6.82. The van der Waals surface area contributed by atoms with Crippen molar-refractivity contribution in [2.45, 2.75) is 26.8 Å². The number of nitrogens with one attached hydrogen (secondary N) is 1. The zero-order chi connectivity index (χ0) is 17.1. The van der Waals surface area contributed by atoms with Crippen LogP contribution in [0, 0.1) is 6.92 Å². The van der Waals surface area contributed by atoms with E-state index < -0.39 is 0 Å². The van der Waals surface area contributed by atoms with E-state index in [-0.39, 0.29) is 11.6 Å². The van der Waals surface area contributed by atoms with Crippen LogP contribution in [0.3, 0.4) is 0 Å². The van der Waals surface area contributed by atoms with Crippen molar-refractivity contribution in [2.75, 3.05) is 5.32 Å². The first-order valence-electron chi connectivity index (χ1n) is 7.60. The van der Waals surface area contributed by atoms with Gasteiger partial charge < -0.3 is 9.84 Å². The molecule has 0 bridgehead atoms. The van der Waals surface area contributed by atoms with Gasteiger partial charge in [0.2, 0.25) is 0 Å². The van der Waals surface area contributed by atoms with Crippen LogP contribution < -0.4 is 5.32 Å². The van der Waals surface area contributed by atoms with Gasteiger partial charge in [-0.25, -0.2) is 0 Å². The van der Waals surface area contributed by atoms with Crippen LogP contribution >= 0.6 is 11.6 Å². The standard InChI is InChI=1S/C17H17ClN4O2/c1-3-12-4-6-14(7-5-12)20-17(23)16-15(11(2)24-21-16)10-22-9-13(18)8-19-22/h4-9H,3,10H2,1-2H3,(H,20,23). The molecule has 0 fully saturated rings. The molecule has 1 aromatic carbocycles. The average Bonchev–Trinajstić information content (AvgIpc) is 3.15. The van der Waals surface area contributed by atoms with Crippen molar-refractivity contribution in [2.24, 2.45) is 0 Å². The molecule has 0 spiro atoms. The number of nitrogens with zero attached hydrogens (tertiary/aromatic N) is 3. The van der Waals surface area contributed by atoms with Gasteiger partial charge in [-0.15, -0.1) is 0 Å². The van der Waals surface area contributed by atoms with Gasteiger partial charge in [0.25, 0.3) is 5.91 Å². The number of aryl methyl sites for hydroxylation is 2. The number of carbonyl (C=O) groups excluding carboxylic acids is 1. The van der Waals surface area contributed by atoms with Gasteiger partial charge in [-0.05, 0) is 31.0 Å². The first-order valence-corrected chi connectivity index (χ1v) is 7.98. The molecular weight excluding hydrogens is 328 g/mol. The number of benzene rings is 1. The lowest BCUT2D eigenvalue weighted by molar-refractivity contribution is 0.101. The Morgan fingerprint density at radius 1 is 1.33 bits per heavy atom. The lowest BCUT2D eigenvalue weighted by Gasteiger charge is -2.06. The second-order valence-corrected chi connectivity index (χ2v) is 5.86. The third-order valence-corrected chi connectivity index (χ3v) is 3.94. The normalized spacial score (nSPS) is 10.8. The molecule has 1 N–H and O–H groups in total. The largest absolute Gasteiger partial charge is 0.361 e. The lowest BCUT2D eigenvalue weighted by atomic mass is 10.1. The van der Waals surface area contributed by atoms with Crippen molar-refractivity contribution < 1.29 is 9.32 Å². The molecule has 24 heavy (non-hydrogen) atoms. The Bertz CT molecular complexity index is 852. The minimum Gasteiger partial charge on any atom is -0.361 e. The number of aromatic nitrogens is 3. The van der Waals surface area contributed by atoms with Gasteiger partial charge in [-0.1, -0.05) is 35.8 Å². The van der Waals surface area contributed by atoms with Gasteiger partial charge in [0, 0.05) is 17.4 Å². The fourth-order valence-corrected chi connectivity index (χ4v) is 2.51. The van der Waals surface area contributed by atoms with E-state index in [9.17, 15) is 4.79 Å². The van der Waals surface area contributed by atoms with Crippen molar-refractivity contribution >= 4 is 23.2 Å². The van der Waals surface area contributed by atoms with Gasteiger partial charge in [-0.2, -0.15) is 5.10 Å². The van der Waals surface area contributed by atoms with Crippen molar-refractivity contribution in [1.82, 2.24) is 14.9 Å². The summed E-state index contributed by atoms with van der Waals surface area (Å²) in [5.74, 6) is 0.262. The molecule has 0 atom stereocenters. The molecule has 7 heteroatoms. The SMILES string of the molecule is CCc1ccc(NC(=O)c2noc(C)c2Cn2cc(Cl)cn2)cc1. The summed E-state index contributed by atoms with van der Waals surface area (Å²) in [6.45, 7) is 4.21. The predicted octanol–water partition coefficient (Wildman–Crippen LogP) is 3.70. The Morgan fingerprint density at radius 3 is 2.71 bits per heavy atom. The minimum atomic E-state index is -0.315. The van der Waals surface area contributed by atoms with Crippen molar-refractivity contribution in [1.29, 1.82) is 0 Å². The third kappa shape index (κ3) is 3.49. The Kier molecular flexibility index (Phi) is 4.66. The van der Waals surface area contributed by atoms with Crippen molar-refractivity contribution in [3.05, 3.63) is 64.3 Å². The summed E-state index contributed by atoms with van der Waals surface area (Å²) in [6, 6.07) is 7.71. The number of anilines is 1. The Labute approximate surface area is 144 Å². The molecule has 1 amide bonds. The molecule has 0 aliphatic carbocycles. The summed E-state index contributed by atoms with van der Waals surface area (Å²) in [5.41, 5.74) is 2.85. The summed E-state index contributed by atoms with van der Waals surface area (Å²) >= 11 is 5.87. The zero-order valence-electron chi connectivity index (χ0n) is 13.4. The zero-order valence-corrected chi connectivity index (χ0v) is 14.2. The number of hydrogen-bond acceptors (Lipinski definition) is 4. The molecule has 6 nitrogen and oxygen atoms in total. The first kappa shape index (κ1) is 16.3. The van der Waals surface area contributed by atoms with Crippen LogP contribution in [0.15, 0.2) is 41.2 Å². The Hall–Kier alpha value is -2.60. The van der Waals surface area contributed by atoms with E-state index in [0.717, 1.165) is 6.42 Å². The smallest absolute Gasteiger partial charge is 0.278 e. The van der Waals surface area contributed by atoms with Crippen LogP contribution in [0.1, 0.15) is 34.3 Å². The van der Waals surface area contributed by atoms with Crippen LogP contribution in [0.2, 0.25) is 5.02 Å². The molecule has 3 rings (SSSR count). The molecule has 0 aliphatic heterocycles. The molecule has 0 unspecified atom stereocenters. The number of rotatable bonds is 5. The lowest BCUT2D eigenvalue weighted by Crippen LogP contribution is -2.16. The monoisotopic (exact) mass is 344 g/mol. The highest BCUT2D eigenvalue weighted by Gasteiger charge is 2.20. The second-order valence-electron chi connectivity index (χ2n) is 5.43. The molecule has 0 aliphatic rings. The Morgan fingerprint density at radius 2 is 2.08 bits per heavy atom. The number of carbonyl (C=O) groups is 1. The molecule has 0 radical (unpaired) electrons. The third-order valence-electron chi connectivity index (χ3n) is 3.74. The molecule has 0 saturated carbocycles. The minimum absolute atomic E-state index is 0.249. The maximum absolute atomic E-state index is 12.5. The highest BCUT2D eigenvalue weighted by atomic mass is 35.5. The van der Waals surface area contributed by atoms with E-state index in [1.807, 2.05) is 24.3 Å². The molecule has 2 heterocycles. The molecular formula is C17H17ClN4O2. The van der Waals surface area contributed by atoms with Crippen molar-refractivity contribution in [3.8, 4) is 0 Å². The quantitative estimate of drug-likeness (QED) is 0.766. The van der Waals surface area contributed by atoms with E-state index in [0.29, 0.717) is 28.6 Å². The molecule has 3 aromatic rings. The van der Waals surface area contributed by atoms with Gasteiger partial charge in [0.1, 0.15) is 5.76 Å². The Balaban J connectivity index is 1.79. The van der Waals surface area contributed by atoms with E-state index in [2.05, 4.69) is 22.5 Å². The topological polar surface area (TPSA) is 73.0 Å². The average molecular weight is 345 g/mol. The van der Waals surface area contributed by atoms with E-state index in [1.54, 1.807) is 24.0 Å². The van der Waals surface area contributed by atoms with Gasteiger partial charge in [-0.3, -0.25) is 9.48 Å². The number of halogens is 1. The van der Waals surface area contributed by atoms with Crippen molar-refractivity contribution in [3.63, 3.8) is 0 Å². The maximum atomic E-state index is 12.5. The summed E-state index contributed by atoms with van der Waals surface area (Å²) in [5, 5.41) is 11.4. The van der Waals surface area contributed by atoms with Crippen LogP contribution in [0.5, 0.6) is 0 Å². The highest BCUT2D eigenvalue weighted by Crippen LogP contribution is 2.18. The molecule has 0 saturated heterocycles. The van der Waals surface area contributed by atoms with Crippen LogP contribution in [0.25, 0.3) is 0 Å². The van der Waals surface area contributed by atoms with E-state index in [1.165, 1.54) is 5.56 Å². The van der Waals surface area contributed by atoms with E-state index >= 15 is 0 Å². The van der Waals surface area contributed by atoms with Crippen LogP contribution in [0.4, 0.5) is 5.69 Å². The summed E-state index contributed by atoms with van der Waals surface area (Å²) in [4.78, 5) is 12.5. The van der Waals surface area contributed by atoms with Crippen LogP contribution in [-0.4, -0.2) is 20.8 Å².